The molecule has 0 fully saturated rings. The van der Waals surface area contributed by atoms with E-state index in [1.54, 1.807) is 0 Å². The SMILES string of the molecule is CC/C=C\C/C=C\C/C=C\C/C=C\CCCCCCCCCCCCCCCCC(=O)OCC(COC(=O)CCCCCCC/C=C\CCCCCC)OC(=O)CCCCCCCCCCCCCCC/C=C\C/C=C\CCCCCCC. The second-order valence-corrected chi connectivity index (χ2v) is 24.1. The molecule has 6 heteroatoms. The van der Waals surface area contributed by atoms with Gasteiger partial charge in [-0.15, -0.1) is 0 Å². The van der Waals surface area contributed by atoms with Gasteiger partial charge in [-0.2, -0.15) is 0 Å². The smallest absolute Gasteiger partial charge is 0.306 e. The Balaban J connectivity index is 4.25. The lowest BCUT2D eigenvalue weighted by atomic mass is 10.0. The quantitative estimate of drug-likeness (QED) is 0.0261. The largest absolute Gasteiger partial charge is 0.462 e. The summed E-state index contributed by atoms with van der Waals surface area (Å²) in [4.78, 5) is 38.5. The van der Waals surface area contributed by atoms with Gasteiger partial charge in [0.15, 0.2) is 6.10 Å². The molecule has 0 rings (SSSR count). The zero-order valence-electron chi connectivity index (χ0n) is 55.2. The minimum absolute atomic E-state index is 0.0764. The third-order valence-electron chi connectivity index (χ3n) is 15.9. The summed E-state index contributed by atoms with van der Waals surface area (Å²) in [6.07, 6.45) is 94.7. The number of rotatable bonds is 66. The van der Waals surface area contributed by atoms with Crippen LogP contribution in [0, 0.1) is 0 Å². The standard InChI is InChI=1S/C77H136O6/c1-4-7-10-13-16-19-22-25-27-29-31-33-35-37-38-40-41-43-45-47-49-52-55-58-61-64-67-70-76(79)82-73-74(72-81-75(78)69-66-63-60-57-54-51-24-21-18-15-12-9-6-3)83-77(80)71-68-65-62-59-56-53-50-48-46-44-42-39-36-34-32-30-28-26-23-20-17-14-11-8-5-2/h7,10,16,19,21,23-27,30-33,74H,4-6,8-9,11-15,17-18,20,22,28-29,34-73H2,1-3H3/b10-7-,19-16-,24-21-,26-23-,27-25-,32-30-,33-31-. The van der Waals surface area contributed by atoms with Gasteiger partial charge in [0.05, 0.1) is 0 Å². The second-order valence-electron chi connectivity index (χ2n) is 24.1. The predicted molar refractivity (Wildman–Crippen MR) is 362 cm³/mol. The van der Waals surface area contributed by atoms with Crippen LogP contribution in [-0.2, 0) is 28.6 Å². The maximum Gasteiger partial charge on any atom is 0.306 e. The molecule has 0 aliphatic rings. The first kappa shape index (κ1) is 79.6. The summed E-state index contributed by atoms with van der Waals surface area (Å²) in [5.74, 6) is -0.867. The van der Waals surface area contributed by atoms with Crippen LogP contribution in [0.3, 0.4) is 0 Å². The van der Waals surface area contributed by atoms with E-state index < -0.39 is 6.10 Å². The summed E-state index contributed by atoms with van der Waals surface area (Å²) in [5.41, 5.74) is 0. The van der Waals surface area contributed by atoms with E-state index >= 15 is 0 Å². The van der Waals surface area contributed by atoms with Crippen LogP contribution in [0.15, 0.2) is 85.1 Å². The van der Waals surface area contributed by atoms with Crippen LogP contribution < -0.4 is 0 Å². The molecule has 0 aliphatic carbocycles. The van der Waals surface area contributed by atoms with Gasteiger partial charge < -0.3 is 14.2 Å². The third kappa shape index (κ3) is 69.3. The molecule has 0 saturated carbocycles. The van der Waals surface area contributed by atoms with Crippen molar-refractivity contribution in [2.24, 2.45) is 0 Å². The van der Waals surface area contributed by atoms with Crippen molar-refractivity contribution in [3.63, 3.8) is 0 Å². The molecule has 0 amide bonds. The van der Waals surface area contributed by atoms with Crippen LogP contribution in [0.1, 0.15) is 367 Å². The number of esters is 3. The van der Waals surface area contributed by atoms with E-state index in [2.05, 4.69) is 106 Å². The first-order chi connectivity index (χ1) is 41.0. The highest BCUT2D eigenvalue weighted by Gasteiger charge is 2.19. The average molecular weight is 1160 g/mol. The Morgan fingerprint density at radius 2 is 0.470 bits per heavy atom. The lowest BCUT2D eigenvalue weighted by Crippen LogP contribution is -2.30. The van der Waals surface area contributed by atoms with E-state index in [9.17, 15) is 14.4 Å². The molecule has 1 unspecified atom stereocenters. The zero-order valence-corrected chi connectivity index (χ0v) is 55.2. The van der Waals surface area contributed by atoms with Gasteiger partial charge in [-0.05, 0) is 116 Å². The fraction of sp³-hybridized carbons (Fsp3) is 0.779. The molecule has 480 valence electrons. The van der Waals surface area contributed by atoms with Crippen molar-refractivity contribution in [1.82, 2.24) is 0 Å². The molecule has 0 aromatic rings. The van der Waals surface area contributed by atoms with Gasteiger partial charge in [0.2, 0.25) is 0 Å². The Kier molecular flexibility index (Phi) is 68.2. The van der Waals surface area contributed by atoms with Gasteiger partial charge >= 0.3 is 17.9 Å². The highest BCUT2D eigenvalue weighted by atomic mass is 16.6. The van der Waals surface area contributed by atoms with Crippen molar-refractivity contribution in [1.29, 1.82) is 0 Å². The number of ether oxygens (including phenoxy) is 3. The molecular weight excluding hydrogens is 1020 g/mol. The average Bonchev–Trinajstić information content (AvgIpc) is 3.49. The highest BCUT2D eigenvalue weighted by Crippen LogP contribution is 2.18. The molecule has 0 saturated heterocycles. The minimum atomic E-state index is -0.781. The molecule has 6 nitrogen and oxygen atoms in total. The van der Waals surface area contributed by atoms with E-state index in [0.29, 0.717) is 19.3 Å². The molecule has 0 aromatic heterocycles. The number of allylic oxidation sites excluding steroid dienone is 14. The lowest BCUT2D eigenvalue weighted by molar-refractivity contribution is -0.167. The first-order valence-corrected chi connectivity index (χ1v) is 36.1. The molecule has 0 heterocycles. The van der Waals surface area contributed by atoms with E-state index in [1.807, 2.05) is 0 Å². The van der Waals surface area contributed by atoms with Crippen LogP contribution in [0.2, 0.25) is 0 Å². The Morgan fingerprint density at radius 1 is 0.253 bits per heavy atom. The number of carbonyl (C=O) groups is 3. The fourth-order valence-electron chi connectivity index (χ4n) is 10.5. The van der Waals surface area contributed by atoms with Crippen LogP contribution in [0.5, 0.6) is 0 Å². The highest BCUT2D eigenvalue weighted by molar-refractivity contribution is 5.71. The molecule has 0 aliphatic heterocycles. The van der Waals surface area contributed by atoms with Gasteiger partial charge in [-0.25, -0.2) is 0 Å². The summed E-state index contributed by atoms with van der Waals surface area (Å²) >= 11 is 0. The monoisotopic (exact) mass is 1160 g/mol. The van der Waals surface area contributed by atoms with Crippen LogP contribution in [0.4, 0.5) is 0 Å². The first-order valence-electron chi connectivity index (χ1n) is 36.1. The fourth-order valence-corrected chi connectivity index (χ4v) is 10.5. The van der Waals surface area contributed by atoms with E-state index in [4.69, 9.17) is 14.2 Å². The molecular formula is C77H136O6. The van der Waals surface area contributed by atoms with Crippen molar-refractivity contribution in [2.75, 3.05) is 13.2 Å². The Bertz CT molecular complexity index is 1570. The molecule has 0 aromatic carbocycles. The van der Waals surface area contributed by atoms with Crippen LogP contribution in [0.25, 0.3) is 0 Å². The van der Waals surface area contributed by atoms with Gasteiger partial charge in [0.1, 0.15) is 13.2 Å². The topological polar surface area (TPSA) is 78.9 Å². The summed E-state index contributed by atoms with van der Waals surface area (Å²) in [7, 11) is 0. The van der Waals surface area contributed by atoms with Crippen molar-refractivity contribution >= 4 is 17.9 Å². The van der Waals surface area contributed by atoms with E-state index in [-0.39, 0.29) is 31.1 Å². The summed E-state index contributed by atoms with van der Waals surface area (Å²) < 4.78 is 17.0. The molecule has 83 heavy (non-hydrogen) atoms. The van der Waals surface area contributed by atoms with Gasteiger partial charge in [-0.3, -0.25) is 14.4 Å². The predicted octanol–water partition coefficient (Wildman–Crippen LogP) is 25.0. The zero-order chi connectivity index (χ0) is 59.9. The number of hydrogen-bond acceptors (Lipinski definition) is 6. The maximum absolute atomic E-state index is 13.0. The molecule has 0 spiro atoms. The van der Waals surface area contributed by atoms with Crippen LogP contribution >= 0.6 is 0 Å². The summed E-state index contributed by atoms with van der Waals surface area (Å²) in [6.45, 7) is 6.54. The third-order valence-corrected chi connectivity index (χ3v) is 15.9. The van der Waals surface area contributed by atoms with Crippen molar-refractivity contribution in [2.45, 2.75) is 374 Å². The summed E-state index contributed by atoms with van der Waals surface area (Å²) in [6, 6.07) is 0. The Morgan fingerprint density at radius 3 is 0.759 bits per heavy atom. The van der Waals surface area contributed by atoms with Crippen molar-refractivity contribution < 1.29 is 28.6 Å². The number of unbranched alkanes of at least 4 members (excludes halogenated alkanes) is 41. The van der Waals surface area contributed by atoms with E-state index in [0.717, 1.165) is 96.3 Å². The summed E-state index contributed by atoms with van der Waals surface area (Å²) in [5, 5.41) is 0. The maximum atomic E-state index is 13.0. The van der Waals surface area contributed by atoms with E-state index in [1.165, 1.54) is 231 Å². The van der Waals surface area contributed by atoms with Gasteiger partial charge in [0.25, 0.3) is 0 Å². The van der Waals surface area contributed by atoms with Crippen LogP contribution in [-0.4, -0.2) is 37.2 Å². The Hall–Kier alpha value is -3.41. The normalized spacial score (nSPS) is 12.6. The lowest BCUT2D eigenvalue weighted by Gasteiger charge is -2.18. The molecule has 0 N–H and O–H groups in total. The Labute approximate surface area is 515 Å². The number of carbonyl (C=O) groups excluding carboxylic acids is 3. The van der Waals surface area contributed by atoms with Gasteiger partial charge in [-0.1, -0.05) is 318 Å². The van der Waals surface area contributed by atoms with Crippen molar-refractivity contribution in [3.8, 4) is 0 Å². The molecule has 0 radical (unpaired) electrons. The molecule has 0 bridgehead atoms. The minimum Gasteiger partial charge on any atom is -0.462 e. The van der Waals surface area contributed by atoms with Gasteiger partial charge in [0, 0.05) is 19.3 Å². The second kappa shape index (κ2) is 71.1. The molecule has 1 atom stereocenters. The van der Waals surface area contributed by atoms with Crippen molar-refractivity contribution in [3.05, 3.63) is 85.1 Å². The number of hydrogen-bond donors (Lipinski definition) is 0.